The van der Waals surface area contributed by atoms with E-state index in [4.69, 9.17) is 27.6 Å². The van der Waals surface area contributed by atoms with Gasteiger partial charge < -0.3 is 14.6 Å². The Morgan fingerprint density at radius 3 is 2.36 bits per heavy atom. The third kappa shape index (κ3) is 6.26. The molecule has 0 unspecified atom stereocenters. The maximum absolute atomic E-state index is 13.5. The van der Waals surface area contributed by atoms with Crippen molar-refractivity contribution in [1.29, 1.82) is 0 Å². The van der Waals surface area contributed by atoms with Crippen LogP contribution in [0.2, 0.25) is 10.0 Å². The summed E-state index contributed by atoms with van der Waals surface area (Å²) in [5.41, 5.74) is -0.842. The number of nitrogens with zero attached hydrogens (tertiary/aromatic N) is 1. The van der Waals surface area contributed by atoms with E-state index in [9.17, 15) is 27.6 Å². The van der Waals surface area contributed by atoms with Crippen molar-refractivity contribution >= 4 is 51.7 Å². The van der Waals surface area contributed by atoms with E-state index in [2.05, 4.69) is 5.32 Å². The van der Waals surface area contributed by atoms with Gasteiger partial charge in [0.15, 0.2) is 0 Å². The van der Waals surface area contributed by atoms with Crippen molar-refractivity contribution in [1.82, 2.24) is 4.90 Å². The Morgan fingerprint density at radius 2 is 1.72 bits per heavy atom. The van der Waals surface area contributed by atoms with Crippen molar-refractivity contribution in [3.63, 3.8) is 0 Å². The number of carbonyl (C=O) groups is 2. The number of anilines is 1. The largest absolute Gasteiger partial charge is 0.422 e. The van der Waals surface area contributed by atoms with Crippen LogP contribution >= 0.6 is 23.2 Å². The molecule has 2 amide bonds. The molecule has 0 bridgehead atoms. The van der Waals surface area contributed by atoms with Crippen LogP contribution in [0.15, 0.2) is 69.9 Å². The molecule has 202 valence electrons. The van der Waals surface area contributed by atoms with E-state index in [1.54, 1.807) is 43.4 Å². The fraction of sp³-hybridized carbons (Fsp3) is 0.179. The van der Waals surface area contributed by atoms with Crippen LogP contribution in [0.1, 0.15) is 23.6 Å². The summed E-state index contributed by atoms with van der Waals surface area (Å²) in [4.78, 5) is 39.3. The standard InChI is InChI=1S/C28H21Cl2F3N2O4/c1-15(36)35(2)14-17-10-19-24(13-22(17)30)39-27(38)20(26(19)16-6-4-3-5-7-16)12-25(37)34-23-9-8-18(29)11-21(23)28(31,32)33/h3-11,13H,12,14H2,1-2H3,(H,34,37). The molecule has 0 aliphatic carbocycles. The maximum atomic E-state index is 13.5. The predicted molar refractivity (Wildman–Crippen MR) is 144 cm³/mol. The number of halogens is 5. The Labute approximate surface area is 230 Å². The number of hydrogen-bond acceptors (Lipinski definition) is 4. The number of amides is 2. The summed E-state index contributed by atoms with van der Waals surface area (Å²) in [5.74, 6) is -1.05. The molecular weight excluding hydrogens is 556 g/mol. The van der Waals surface area contributed by atoms with Gasteiger partial charge in [-0.2, -0.15) is 13.2 Å². The minimum atomic E-state index is -4.77. The molecule has 4 rings (SSSR count). The van der Waals surface area contributed by atoms with Gasteiger partial charge in [0.25, 0.3) is 0 Å². The van der Waals surface area contributed by atoms with Crippen molar-refractivity contribution in [2.75, 3.05) is 12.4 Å². The van der Waals surface area contributed by atoms with Crippen molar-refractivity contribution in [2.45, 2.75) is 26.1 Å². The van der Waals surface area contributed by atoms with Crippen LogP contribution in [0.4, 0.5) is 18.9 Å². The summed E-state index contributed by atoms with van der Waals surface area (Å²) < 4.78 is 46.1. The minimum absolute atomic E-state index is 0.0538. The highest BCUT2D eigenvalue weighted by Crippen LogP contribution is 2.37. The van der Waals surface area contributed by atoms with Crippen LogP contribution < -0.4 is 10.9 Å². The lowest BCUT2D eigenvalue weighted by Gasteiger charge is -2.18. The summed E-state index contributed by atoms with van der Waals surface area (Å²) in [6.07, 6.45) is -5.35. The zero-order valence-electron chi connectivity index (χ0n) is 20.7. The second-order valence-electron chi connectivity index (χ2n) is 8.84. The molecule has 0 saturated carbocycles. The highest BCUT2D eigenvalue weighted by molar-refractivity contribution is 6.32. The Kier molecular flexibility index (Phi) is 8.04. The first-order chi connectivity index (χ1) is 18.3. The minimum Gasteiger partial charge on any atom is -0.422 e. The summed E-state index contributed by atoms with van der Waals surface area (Å²) in [5, 5.41) is 2.81. The Hall–Kier alpha value is -3.82. The van der Waals surface area contributed by atoms with Gasteiger partial charge in [0, 0.05) is 47.6 Å². The van der Waals surface area contributed by atoms with E-state index >= 15 is 0 Å². The highest BCUT2D eigenvalue weighted by atomic mass is 35.5. The maximum Gasteiger partial charge on any atom is 0.418 e. The average Bonchev–Trinajstić information content (AvgIpc) is 2.86. The third-order valence-electron chi connectivity index (χ3n) is 6.07. The first kappa shape index (κ1) is 28.2. The van der Waals surface area contributed by atoms with Crippen molar-refractivity contribution in [3.05, 3.63) is 97.8 Å². The topological polar surface area (TPSA) is 79.6 Å². The van der Waals surface area contributed by atoms with Crippen molar-refractivity contribution < 1.29 is 27.2 Å². The van der Waals surface area contributed by atoms with Gasteiger partial charge in [0.2, 0.25) is 11.8 Å². The van der Waals surface area contributed by atoms with E-state index < -0.39 is 35.4 Å². The number of nitrogens with one attached hydrogen (secondary N) is 1. The zero-order valence-corrected chi connectivity index (χ0v) is 22.2. The number of carbonyl (C=O) groups excluding carboxylic acids is 2. The number of rotatable bonds is 6. The van der Waals surface area contributed by atoms with Crippen molar-refractivity contribution in [3.8, 4) is 11.1 Å². The summed E-state index contributed by atoms with van der Waals surface area (Å²) in [6, 6.07) is 14.8. The second kappa shape index (κ2) is 11.1. The molecule has 0 fully saturated rings. The number of fused-ring (bicyclic) bond motifs is 1. The lowest BCUT2D eigenvalue weighted by Crippen LogP contribution is -2.23. The lowest BCUT2D eigenvalue weighted by molar-refractivity contribution is -0.137. The van der Waals surface area contributed by atoms with Gasteiger partial charge in [0.1, 0.15) is 5.58 Å². The average molecular weight is 577 g/mol. The second-order valence-corrected chi connectivity index (χ2v) is 9.68. The van der Waals surface area contributed by atoms with E-state index in [0.29, 0.717) is 28.1 Å². The molecule has 0 radical (unpaired) electrons. The Morgan fingerprint density at radius 1 is 1.03 bits per heavy atom. The first-order valence-electron chi connectivity index (χ1n) is 11.6. The van der Waals surface area contributed by atoms with Gasteiger partial charge in [-0.25, -0.2) is 4.79 Å². The molecule has 6 nitrogen and oxygen atoms in total. The Bertz CT molecular complexity index is 1640. The van der Waals surface area contributed by atoms with E-state index in [-0.39, 0.29) is 33.6 Å². The molecule has 0 aliphatic heterocycles. The molecule has 0 saturated heterocycles. The van der Waals surface area contributed by atoms with E-state index in [1.165, 1.54) is 24.0 Å². The van der Waals surface area contributed by atoms with E-state index in [1.807, 2.05) is 0 Å². The summed E-state index contributed by atoms with van der Waals surface area (Å²) >= 11 is 12.1. The fourth-order valence-electron chi connectivity index (χ4n) is 4.10. The fourth-order valence-corrected chi connectivity index (χ4v) is 4.49. The van der Waals surface area contributed by atoms with Gasteiger partial charge in [-0.15, -0.1) is 0 Å². The van der Waals surface area contributed by atoms with Crippen LogP contribution in [-0.2, 0) is 28.7 Å². The molecule has 39 heavy (non-hydrogen) atoms. The predicted octanol–water partition coefficient (Wildman–Crippen LogP) is 6.95. The zero-order chi connectivity index (χ0) is 28.5. The Balaban J connectivity index is 1.84. The molecule has 3 aromatic carbocycles. The van der Waals surface area contributed by atoms with Gasteiger partial charge in [0.05, 0.1) is 23.2 Å². The molecule has 4 aromatic rings. The quantitative estimate of drug-likeness (QED) is 0.252. The molecule has 11 heteroatoms. The van der Waals surface area contributed by atoms with Crippen LogP contribution in [0, 0.1) is 0 Å². The molecule has 0 atom stereocenters. The number of alkyl halides is 3. The van der Waals surface area contributed by atoms with Gasteiger partial charge >= 0.3 is 11.8 Å². The normalized spacial score (nSPS) is 11.5. The SMILES string of the molecule is CC(=O)N(C)Cc1cc2c(-c3ccccc3)c(CC(=O)Nc3ccc(Cl)cc3C(F)(F)F)c(=O)oc2cc1Cl. The summed E-state index contributed by atoms with van der Waals surface area (Å²) in [6.45, 7) is 1.58. The number of hydrogen-bond donors (Lipinski definition) is 1. The summed E-state index contributed by atoms with van der Waals surface area (Å²) in [7, 11) is 1.60. The smallest absolute Gasteiger partial charge is 0.418 e. The lowest BCUT2D eigenvalue weighted by atomic mass is 9.94. The molecule has 0 aliphatic rings. The van der Waals surface area contributed by atoms with E-state index in [0.717, 1.165) is 6.07 Å². The molecule has 1 aromatic heterocycles. The van der Waals surface area contributed by atoms with Crippen LogP contribution in [0.25, 0.3) is 22.1 Å². The van der Waals surface area contributed by atoms with Crippen LogP contribution in [-0.4, -0.2) is 23.8 Å². The molecular formula is C28H21Cl2F3N2O4. The van der Waals surface area contributed by atoms with Gasteiger partial charge in [-0.3, -0.25) is 9.59 Å². The molecule has 1 heterocycles. The van der Waals surface area contributed by atoms with Crippen LogP contribution in [0.5, 0.6) is 0 Å². The monoisotopic (exact) mass is 576 g/mol. The van der Waals surface area contributed by atoms with Crippen molar-refractivity contribution in [2.24, 2.45) is 0 Å². The first-order valence-corrected chi connectivity index (χ1v) is 12.3. The molecule has 0 spiro atoms. The molecule has 1 N–H and O–H groups in total. The van der Waals surface area contributed by atoms with Crippen LogP contribution in [0.3, 0.4) is 0 Å². The van der Waals surface area contributed by atoms with Gasteiger partial charge in [-0.05, 0) is 35.4 Å². The highest BCUT2D eigenvalue weighted by Gasteiger charge is 2.34. The third-order valence-corrected chi connectivity index (χ3v) is 6.66. The number of benzene rings is 3. The van der Waals surface area contributed by atoms with Gasteiger partial charge in [-0.1, -0.05) is 53.5 Å².